The van der Waals surface area contributed by atoms with E-state index in [1.54, 1.807) is 4.90 Å². The van der Waals surface area contributed by atoms with Gasteiger partial charge in [0.1, 0.15) is 0 Å². The Morgan fingerprint density at radius 3 is 2.65 bits per heavy atom. The number of morpholine rings is 1. The number of benzene rings is 1. The fraction of sp³-hybridized carbons (Fsp3) is 0.652. The first kappa shape index (κ1) is 24.7. The summed E-state index contributed by atoms with van der Waals surface area (Å²) >= 11 is 0. The first-order valence-corrected chi connectivity index (χ1v) is 11.6. The number of methoxy groups -OCH3 is 1. The number of rotatable bonds is 6. The summed E-state index contributed by atoms with van der Waals surface area (Å²) < 4.78 is 50.3. The summed E-state index contributed by atoms with van der Waals surface area (Å²) in [5.74, 6) is -0.713. The molecule has 0 spiro atoms. The summed E-state index contributed by atoms with van der Waals surface area (Å²) in [7, 11) is 1.54. The quantitative estimate of drug-likeness (QED) is 0.608. The number of alkyl halides is 3. The van der Waals surface area contributed by atoms with Crippen LogP contribution in [0.4, 0.5) is 18.9 Å². The zero-order valence-electron chi connectivity index (χ0n) is 19.3. The first-order chi connectivity index (χ1) is 16.3. The highest BCUT2D eigenvalue weighted by Crippen LogP contribution is 2.39. The molecule has 1 N–H and O–H groups in total. The number of nitrogens with zero attached hydrogens (tertiary/aromatic N) is 3. The van der Waals surface area contributed by atoms with E-state index in [2.05, 4.69) is 5.32 Å². The van der Waals surface area contributed by atoms with Crippen molar-refractivity contribution in [1.82, 2.24) is 15.1 Å². The summed E-state index contributed by atoms with van der Waals surface area (Å²) in [6.07, 6.45) is -4.23. The Bertz CT molecular complexity index is 891. The summed E-state index contributed by atoms with van der Waals surface area (Å²) in [6.45, 7) is 4.73. The maximum atomic E-state index is 13.3. The molecule has 3 aliphatic rings. The molecule has 0 aliphatic carbocycles. The molecule has 2 fully saturated rings. The van der Waals surface area contributed by atoms with Gasteiger partial charge in [-0.25, -0.2) is 0 Å². The van der Waals surface area contributed by atoms with Crippen molar-refractivity contribution in [2.75, 3.05) is 77.6 Å². The lowest BCUT2D eigenvalue weighted by Crippen LogP contribution is -2.62. The van der Waals surface area contributed by atoms with Crippen LogP contribution in [0.2, 0.25) is 0 Å². The average molecular weight is 485 g/mol. The van der Waals surface area contributed by atoms with Gasteiger partial charge < -0.3 is 24.6 Å². The molecule has 0 saturated carbocycles. The lowest BCUT2D eigenvalue weighted by molar-refractivity contribution is -0.138. The van der Waals surface area contributed by atoms with Gasteiger partial charge in [0.05, 0.1) is 43.9 Å². The fourth-order valence-electron chi connectivity index (χ4n) is 5.01. The normalized spacial score (nSPS) is 23.3. The number of anilines is 1. The molecule has 2 amide bonds. The van der Waals surface area contributed by atoms with Crippen LogP contribution in [0.5, 0.6) is 0 Å². The molecule has 188 valence electrons. The van der Waals surface area contributed by atoms with E-state index in [0.717, 1.165) is 17.8 Å². The van der Waals surface area contributed by atoms with Crippen LogP contribution < -0.4 is 10.2 Å². The van der Waals surface area contributed by atoms with Crippen LogP contribution in [-0.4, -0.2) is 100 Å². The van der Waals surface area contributed by atoms with E-state index in [9.17, 15) is 22.8 Å². The van der Waals surface area contributed by atoms with Gasteiger partial charge in [-0.1, -0.05) is 0 Å². The largest absolute Gasteiger partial charge is 0.416 e. The maximum absolute atomic E-state index is 13.3. The molecule has 3 heterocycles. The number of carbonyl (C=O) groups is 2. The van der Waals surface area contributed by atoms with Crippen molar-refractivity contribution in [3.05, 3.63) is 29.3 Å². The monoisotopic (exact) mass is 484 g/mol. The van der Waals surface area contributed by atoms with Crippen molar-refractivity contribution in [3.8, 4) is 0 Å². The third-order valence-corrected chi connectivity index (χ3v) is 6.79. The number of ether oxygens (including phenoxy) is 2. The SMILES string of the molecule is COCCNC(=O)[C@@H]1Cc2cc(C(F)(F)F)ccc2N2CCN(CC(=O)N3CCOCC3)C[C@H]12. The number of fused-ring (bicyclic) bond motifs is 3. The van der Waals surface area contributed by atoms with E-state index < -0.39 is 17.7 Å². The number of halogens is 3. The van der Waals surface area contributed by atoms with Crippen molar-refractivity contribution >= 4 is 17.5 Å². The third-order valence-electron chi connectivity index (χ3n) is 6.79. The molecule has 0 unspecified atom stereocenters. The summed E-state index contributed by atoms with van der Waals surface area (Å²) in [5, 5.41) is 2.85. The van der Waals surface area contributed by atoms with Crippen molar-refractivity contribution < 1.29 is 32.2 Å². The van der Waals surface area contributed by atoms with Gasteiger partial charge in [0, 0.05) is 52.1 Å². The Hall–Kier alpha value is -2.37. The molecule has 2 atom stereocenters. The van der Waals surface area contributed by atoms with Gasteiger partial charge in [0.25, 0.3) is 0 Å². The van der Waals surface area contributed by atoms with Gasteiger partial charge in [-0.05, 0) is 30.2 Å². The zero-order chi connectivity index (χ0) is 24.3. The summed E-state index contributed by atoms with van der Waals surface area (Å²) in [5.41, 5.74) is 0.548. The molecule has 0 bridgehead atoms. The number of carbonyl (C=O) groups excluding carboxylic acids is 2. The van der Waals surface area contributed by atoms with Crippen LogP contribution in [0.1, 0.15) is 11.1 Å². The third kappa shape index (κ3) is 5.47. The highest BCUT2D eigenvalue weighted by Gasteiger charge is 2.43. The van der Waals surface area contributed by atoms with Crippen molar-refractivity contribution in [1.29, 1.82) is 0 Å². The maximum Gasteiger partial charge on any atom is 0.416 e. The lowest BCUT2D eigenvalue weighted by atomic mass is 9.82. The average Bonchev–Trinajstić information content (AvgIpc) is 2.83. The van der Waals surface area contributed by atoms with Gasteiger partial charge in [-0.15, -0.1) is 0 Å². The van der Waals surface area contributed by atoms with E-state index in [-0.39, 0.29) is 30.8 Å². The standard InChI is InChI=1S/C23H31F3N4O4/c1-33-9-4-27-22(32)18-13-16-12-17(23(24,25)26)2-3-19(16)30-6-5-28(14-20(18)30)15-21(31)29-7-10-34-11-8-29/h2-3,12,18,20H,4-11,13-15H2,1H3,(H,27,32)/t18-,20-/m1/s1. The van der Waals surface area contributed by atoms with Gasteiger partial charge in [-0.3, -0.25) is 14.5 Å². The second kappa shape index (κ2) is 10.5. The number of amides is 2. The zero-order valence-corrected chi connectivity index (χ0v) is 19.3. The number of hydrogen-bond donors (Lipinski definition) is 1. The Morgan fingerprint density at radius 1 is 1.18 bits per heavy atom. The second-order valence-corrected chi connectivity index (χ2v) is 8.92. The predicted octanol–water partition coefficient (Wildman–Crippen LogP) is 0.990. The van der Waals surface area contributed by atoms with Crippen LogP contribution in [-0.2, 0) is 31.7 Å². The first-order valence-electron chi connectivity index (χ1n) is 11.6. The molecule has 2 saturated heterocycles. The van der Waals surface area contributed by atoms with Gasteiger partial charge in [-0.2, -0.15) is 13.2 Å². The van der Waals surface area contributed by atoms with Gasteiger partial charge >= 0.3 is 6.18 Å². The van der Waals surface area contributed by atoms with E-state index >= 15 is 0 Å². The van der Waals surface area contributed by atoms with Crippen LogP contribution >= 0.6 is 0 Å². The molecular formula is C23H31F3N4O4. The molecular weight excluding hydrogens is 453 g/mol. The Labute approximate surface area is 196 Å². The molecule has 0 aromatic heterocycles. The molecule has 11 heteroatoms. The molecule has 4 rings (SSSR count). The topological polar surface area (TPSA) is 74.4 Å². The molecule has 1 aromatic carbocycles. The molecule has 1 aromatic rings. The predicted molar refractivity (Wildman–Crippen MR) is 118 cm³/mol. The van der Waals surface area contributed by atoms with E-state index in [1.807, 2.05) is 9.80 Å². The molecule has 8 nitrogen and oxygen atoms in total. The number of hydrogen-bond acceptors (Lipinski definition) is 6. The summed E-state index contributed by atoms with van der Waals surface area (Å²) in [6, 6.07) is 3.54. The summed E-state index contributed by atoms with van der Waals surface area (Å²) in [4.78, 5) is 31.7. The van der Waals surface area contributed by atoms with E-state index in [4.69, 9.17) is 9.47 Å². The molecule has 0 radical (unpaired) electrons. The van der Waals surface area contributed by atoms with Gasteiger partial charge in [0.15, 0.2) is 0 Å². The number of nitrogens with one attached hydrogen (secondary N) is 1. The van der Waals surface area contributed by atoms with Crippen molar-refractivity contribution in [2.45, 2.75) is 18.6 Å². The highest BCUT2D eigenvalue weighted by atomic mass is 19.4. The highest BCUT2D eigenvalue weighted by molar-refractivity contribution is 5.82. The molecule has 34 heavy (non-hydrogen) atoms. The van der Waals surface area contributed by atoms with Crippen LogP contribution in [0.25, 0.3) is 0 Å². The van der Waals surface area contributed by atoms with Crippen molar-refractivity contribution in [2.24, 2.45) is 5.92 Å². The van der Waals surface area contributed by atoms with Gasteiger partial charge in [0.2, 0.25) is 11.8 Å². The minimum atomic E-state index is -4.44. The Balaban J connectivity index is 1.53. The Kier molecular flexibility index (Phi) is 7.63. The Morgan fingerprint density at radius 2 is 1.94 bits per heavy atom. The van der Waals surface area contributed by atoms with E-state index in [1.165, 1.54) is 13.2 Å². The van der Waals surface area contributed by atoms with Crippen LogP contribution in [0, 0.1) is 5.92 Å². The number of piperazine rings is 1. The minimum Gasteiger partial charge on any atom is -0.383 e. The molecule has 3 aliphatic heterocycles. The fourth-order valence-corrected chi connectivity index (χ4v) is 5.01. The van der Waals surface area contributed by atoms with Crippen LogP contribution in [0.3, 0.4) is 0 Å². The minimum absolute atomic E-state index is 0.0314. The van der Waals surface area contributed by atoms with Crippen LogP contribution in [0.15, 0.2) is 18.2 Å². The van der Waals surface area contributed by atoms with Crippen molar-refractivity contribution in [3.63, 3.8) is 0 Å². The second-order valence-electron chi connectivity index (χ2n) is 8.92. The van der Waals surface area contributed by atoms with E-state index in [0.29, 0.717) is 64.7 Å². The lowest BCUT2D eigenvalue weighted by Gasteiger charge is -2.49. The smallest absolute Gasteiger partial charge is 0.383 e.